The Morgan fingerprint density at radius 3 is 1.21 bits per heavy atom. The highest BCUT2D eigenvalue weighted by atomic mass is 32.2. The number of unbranched alkanes of at least 4 members (excludes halogenated alkanes) is 4. The molecule has 3 aromatic rings. The van der Waals surface area contributed by atoms with E-state index >= 15 is 0 Å². The summed E-state index contributed by atoms with van der Waals surface area (Å²) in [4.78, 5) is 10.3. The highest BCUT2D eigenvalue weighted by Gasteiger charge is 2.42. The van der Waals surface area contributed by atoms with Gasteiger partial charge in [0.05, 0.1) is 5.56 Å². The molecule has 6 heteroatoms. The van der Waals surface area contributed by atoms with Crippen LogP contribution in [0.5, 0.6) is 17.2 Å². The van der Waals surface area contributed by atoms with Gasteiger partial charge in [0, 0.05) is 9.49 Å². The molecule has 0 amide bonds. The summed E-state index contributed by atoms with van der Waals surface area (Å²) in [5.41, 5.74) is 2.81. The lowest BCUT2D eigenvalue weighted by atomic mass is 9.86. The normalized spacial score (nSPS) is 11.5. The van der Waals surface area contributed by atoms with E-state index in [4.69, 9.17) is 20.4 Å². The van der Waals surface area contributed by atoms with Crippen LogP contribution in [0.1, 0.15) is 126 Å². The molecule has 0 fully saturated rings. The summed E-state index contributed by atoms with van der Waals surface area (Å²) in [5.74, 6) is -3.33. The van der Waals surface area contributed by atoms with E-state index in [0.717, 1.165) is 12.1 Å². The van der Waals surface area contributed by atoms with Crippen molar-refractivity contribution in [1.29, 1.82) is 0 Å². The Labute approximate surface area is 263 Å². The first-order valence-corrected chi connectivity index (χ1v) is 16.8. The first-order chi connectivity index (χ1) is 20.7. The molecule has 0 bridgehead atoms. The third-order valence-corrected chi connectivity index (χ3v) is 10.1. The number of rotatable bonds is 17. The van der Waals surface area contributed by atoms with Gasteiger partial charge in [0.2, 0.25) is 0 Å². The standard InChI is InChI=1S/C30H46S.C7H6O5/c1-5-9-23-29(24-10-6-2,27-19-15-13-16-20-27)31-30(25-11-7-3,26-12-8-4)28-21-17-14-18-22-28;8-4-1-3(7(11)12)2-5(9)6(4)10/h13-22H,5-12,23-26H2,1-4H3;1-2,8-10H,(H,11,12). The third-order valence-electron chi connectivity index (χ3n) is 8.04. The highest BCUT2D eigenvalue weighted by Crippen LogP contribution is 2.58. The van der Waals surface area contributed by atoms with Gasteiger partial charge in [-0.1, -0.05) is 140 Å². The van der Waals surface area contributed by atoms with Crippen molar-refractivity contribution in [3.63, 3.8) is 0 Å². The molecule has 0 aliphatic carbocycles. The molecule has 0 saturated heterocycles. The van der Waals surface area contributed by atoms with Crippen LogP contribution < -0.4 is 0 Å². The lowest BCUT2D eigenvalue weighted by molar-refractivity contribution is 0.0696. The molecule has 236 valence electrons. The molecule has 43 heavy (non-hydrogen) atoms. The average molecular weight is 609 g/mol. The average Bonchev–Trinajstić information content (AvgIpc) is 3.03. The van der Waals surface area contributed by atoms with Crippen LogP contribution in [0.4, 0.5) is 0 Å². The van der Waals surface area contributed by atoms with Crippen molar-refractivity contribution in [2.24, 2.45) is 0 Å². The zero-order valence-corrected chi connectivity index (χ0v) is 27.3. The third kappa shape index (κ3) is 10.5. The van der Waals surface area contributed by atoms with Crippen LogP contribution in [0.2, 0.25) is 0 Å². The summed E-state index contributed by atoms with van der Waals surface area (Å²) in [7, 11) is 0. The minimum absolute atomic E-state index is 0.199. The van der Waals surface area contributed by atoms with E-state index in [9.17, 15) is 4.79 Å². The Morgan fingerprint density at radius 2 is 0.930 bits per heavy atom. The van der Waals surface area contributed by atoms with Crippen LogP contribution in [0.15, 0.2) is 72.8 Å². The van der Waals surface area contributed by atoms with Gasteiger partial charge in [0.15, 0.2) is 17.2 Å². The molecule has 3 rings (SSSR count). The van der Waals surface area contributed by atoms with E-state index in [1.54, 1.807) is 11.1 Å². The van der Waals surface area contributed by atoms with Crippen LogP contribution in [-0.2, 0) is 9.49 Å². The first kappa shape index (κ1) is 36.1. The van der Waals surface area contributed by atoms with Gasteiger partial charge in [0.1, 0.15) is 0 Å². The van der Waals surface area contributed by atoms with Gasteiger partial charge in [-0.3, -0.25) is 0 Å². The number of carboxylic acids is 1. The Bertz CT molecular complexity index is 1110. The van der Waals surface area contributed by atoms with Crippen molar-refractivity contribution in [2.75, 3.05) is 0 Å². The maximum Gasteiger partial charge on any atom is 0.335 e. The van der Waals surface area contributed by atoms with Crippen molar-refractivity contribution in [3.05, 3.63) is 89.5 Å². The molecule has 0 spiro atoms. The largest absolute Gasteiger partial charge is 0.504 e. The summed E-state index contributed by atoms with van der Waals surface area (Å²) < 4.78 is 0.398. The zero-order valence-electron chi connectivity index (χ0n) is 26.5. The molecule has 0 heterocycles. The predicted molar refractivity (Wildman–Crippen MR) is 180 cm³/mol. The monoisotopic (exact) mass is 608 g/mol. The second-order valence-corrected chi connectivity index (χ2v) is 13.2. The number of hydrogen-bond acceptors (Lipinski definition) is 5. The Hall–Kier alpha value is -3.12. The number of thioether (sulfide) groups is 1. The van der Waals surface area contributed by atoms with E-state index in [-0.39, 0.29) is 15.1 Å². The number of aromatic hydroxyl groups is 3. The van der Waals surface area contributed by atoms with Crippen LogP contribution in [0, 0.1) is 0 Å². The second-order valence-electron chi connectivity index (χ2n) is 11.4. The van der Waals surface area contributed by atoms with Crippen molar-refractivity contribution in [1.82, 2.24) is 0 Å². The Morgan fingerprint density at radius 1 is 0.605 bits per heavy atom. The molecule has 0 unspecified atom stereocenters. The molecule has 3 aromatic carbocycles. The molecule has 0 radical (unpaired) electrons. The Balaban J connectivity index is 0.000000448. The minimum atomic E-state index is -1.29. The molecule has 0 aliphatic heterocycles. The SMILES string of the molecule is CCCCC(CCCC)(SC(CCCC)(CCCC)c1ccccc1)c1ccccc1.O=C(O)c1cc(O)c(O)c(O)c1. The topological polar surface area (TPSA) is 98.0 Å². The maximum absolute atomic E-state index is 10.3. The van der Waals surface area contributed by atoms with E-state index < -0.39 is 23.2 Å². The second kappa shape index (κ2) is 18.5. The molecular weight excluding hydrogens is 556 g/mol. The first-order valence-electron chi connectivity index (χ1n) is 16.0. The summed E-state index contributed by atoms with van der Waals surface area (Å²) in [6.07, 6.45) is 15.4. The van der Waals surface area contributed by atoms with Crippen LogP contribution >= 0.6 is 11.8 Å². The molecule has 0 aliphatic rings. The van der Waals surface area contributed by atoms with Gasteiger partial charge in [0.25, 0.3) is 0 Å². The predicted octanol–water partition coefficient (Wildman–Crippen LogP) is 10.8. The smallest absolute Gasteiger partial charge is 0.335 e. The Kier molecular flexibility index (Phi) is 15.5. The molecule has 0 aromatic heterocycles. The van der Waals surface area contributed by atoms with E-state index in [1.807, 2.05) is 0 Å². The van der Waals surface area contributed by atoms with Crippen molar-refractivity contribution in [3.8, 4) is 17.2 Å². The lowest BCUT2D eigenvalue weighted by Crippen LogP contribution is -2.33. The van der Waals surface area contributed by atoms with Crippen molar-refractivity contribution < 1.29 is 25.2 Å². The quantitative estimate of drug-likeness (QED) is 0.114. The molecular formula is C37H52O5S. The molecule has 0 atom stereocenters. The fourth-order valence-electron chi connectivity index (χ4n) is 5.58. The van der Waals surface area contributed by atoms with Crippen molar-refractivity contribution >= 4 is 17.7 Å². The molecule has 5 nitrogen and oxygen atoms in total. The highest BCUT2D eigenvalue weighted by molar-refractivity contribution is 8.01. The fraction of sp³-hybridized carbons (Fsp3) is 0.486. The number of carbonyl (C=O) groups is 1. The summed E-state index contributed by atoms with van der Waals surface area (Å²) in [6.45, 7) is 9.38. The van der Waals surface area contributed by atoms with Crippen LogP contribution in [0.3, 0.4) is 0 Å². The summed E-state index contributed by atoms with van der Waals surface area (Å²) in [6, 6.07) is 24.7. The van der Waals surface area contributed by atoms with Gasteiger partial charge < -0.3 is 20.4 Å². The van der Waals surface area contributed by atoms with Gasteiger partial charge in [-0.05, 0) is 48.9 Å². The van der Waals surface area contributed by atoms with Gasteiger partial charge in [-0.25, -0.2) is 4.79 Å². The zero-order chi connectivity index (χ0) is 31.7. The van der Waals surface area contributed by atoms with Gasteiger partial charge in [-0.2, -0.15) is 0 Å². The number of benzene rings is 3. The number of phenolic OH excluding ortho intramolecular Hbond substituents is 3. The van der Waals surface area contributed by atoms with Gasteiger partial charge >= 0.3 is 5.97 Å². The minimum Gasteiger partial charge on any atom is -0.504 e. The molecule has 4 N–H and O–H groups in total. The van der Waals surface area contributed by atoms with E-state index in [1.165, 1.54) is 77.0 Å². The number of carboxylic acid groups (broad SMARTS) is 1. The van der Waals surface area contributed by atoms with Crippen LogP contribution in [-0.4, -0.2) is 26.4 Å². The van der Waals surface area contributed by atoms with Crippen molar-refractivity contribution in [2.45, 2.75) is 114 Å². The summed E-state index contributed by atoms with van der Waals surface area (Å²) >= 11 is 2.35. The van der Waals surface area contributed by atoms with E-state index in [0.29, 0.717) is 0 Å². The van der Waals surface area contributed by atoms with E-state index in [2.05, 4.69) is 100 Å². The number of hydrogen-bond donors (Lipinski definition) is 4. The van der Waals surface area contributed by atoms with Gasteiger partial charge in [-0.15, -0.1) is 11.8 Å². The lowest BCUT2D eigenvalue weighted by Gasteiger charge is -2.45. The number of aromatic carboxylic acids is 1. The molecule has 0 saturated carbocycles. The summed E-state index contributed by atoms with van der Waals surface area (Å²) in [5, 5.41) is 35.0. The number of phenols is 3. The maximum atomic E-state index is 10.3. The van der Waals surface area contributed by atoms with Crippen LogP contribution in [0.25, 0.3) is 0 Å². The fourth-order valence-corrected chi connectivity index (χ4v) is 7.83.